The summed E-state index contributed by atoms with van der Waals surface area (Å²) in [7, 11) is 2.18. The van der Waals surface area contributed by atoms with Crippen LogP contribution < -0.4 is 10.6 Å². The first kappa shape index (κ1) is 34.9. The molecule has 4 atom stereocenters. The molecule has 10 nitrogen and oxygen atoms in total. The topological polar surface area (TPSA) is 151 Å². The smallest absolute Gasteiger partial charge is 0.407 e. The van der Waals surface area contributed by atoms with Crippen LogP contribution in [0.2, 0.25) is 0 Å². The Hall–Kier alpha value is -4.94. The second-order valence-electron chi connectivity index (χ2n) is 12.2. The van der Waals surface area contributed by atoms with Crippen LogP contribution in [0.1, 0.15) is 47.9 Å². The number of hydrogen-bond acceptors (Lipinski definition) is 8. The minimum absolute atomic E-state index is 0.0291. The van der Waals surface area contributed by atoms with Crippen molar-refractivity contribution in [1.29, 1.82) is 0 Å². The van der Waals surface area contributed by atoms with Crippen LogP contribution in [0.5, 0.6) is 0 Å². The Morgan fingerprint density at radius 1 is 0.560 bits per heavy atom. The van der Waals surface area contributed by atoms with Gasteiger partial charge in [0.25, 0.3) is 0 Å². The van der Waals surface area contributed by atoms with Crippen LogP contribution >= 0.6 is 21.6 Å². The van der Waals surface area contributed by atoms with Crippen molar-refractivity contribution in [2.75, 3.05) is 13.2 Å². The van der Waals surface area contributed by atoms with Crippen molar-refractivity contribution in [3.63, 3.8) is 0 Å². The Labute approximate surface area is 297 Å². The Morgan fingerprint density at radius 3 is 1.12 bits per heavy atom. The van der Waals surface area contributed by atoms with Crippen molar-refractivity contribution in [2.45, 2.75) is 48.3 Å². The second kappa shape index (κ2) is 15.3. The lowest BCUT2D eigenvalue weighted by molar-refractivity contribution is -0.140. The summed E-state index contributed by atoms with van der Waals surface area (Å²) in [4.78, 5) is 50.0. The number of carbonyl (C=O) groups is 4. The number of carboxylic acid groups (broad SMARTS) is 2. The summed E-state index contributed by atoms with van der Waals surface area (Å²) in [6.07, 6.45) is -1.74. The molecule has 2 aliphatic rings. The fraction of sp³-hybridized carbons (Fsp3) is 0.263. The summed E-state index contributed by atoms with van der Waals surface area (Å²) >= 11 is 0. The van der Waals surface area contributed by atoms with Crippen molar-refractivity contribution in [3.8, 4) is 22.3 Å². The summed E-state index contributed by atoms with van der Waals surface area (Å²) in [6.45, 7) is 3.28. The van der Waals surface area contributed by atoms with Gasteiger partial charge in [-0.05, 0) is 58.4 Å². The maximum Gasteiger partial charge on any atom is 0.407 e. The molecule has 2 aliphatic carbocycles. The zero-order valence-corrected chi connectivity index (χ0v) is 28.9. The van der Waals surface area contributed by atoms with Gasteiger partial charge in [0.05, 0.1) is 0 Å². The molecule has 4 aromatic carbocycles. The molecule has 0 heterocycles. The van der Waals surface area contributed by atoms with E-state index in [9.17, 15) is 29.4 Å². The maximum atomic E-state index is 12.8. The highest BCUT2D eigenvalue weighted by Gasteiger charge is 2.34. The molecule has 0 aromatic heterocycles. The van der Waals surface area contributed by atoms with E-state index >= 15 is 0 Å². The molecule has 0 bridgehead atoms. The van der Waals surface area contributed by atoms with E-state index in [1.165, 1.54) is 0 Å². The van der Waals surface area contributed by atoms with Crippen LogP contribution in [0.4, 0.5) is 9.59 Å². The van der Waals surface area contributed by atoms with Gasteiger partial charge >= 0.3 is 24.1 Å². The molecule has 0 unspecified atom stereocenters. The van der Waals surface area contributed by atoms with Crippen LogP contribution in [0.3, 0.4) is 0 Å². The zero-order chi connectivity index (χ0) is 35.4. The van der Waals surface area contributed by atoms with E-state index in [0.29, 0.717) is 0 Å². The summed E-state index contributed by atoms with van der Waals surface area (Å²) in [5, 5.41) is 23.4. The van der Waals surface area contributed by atoms with Crippen LogP contribution in [-0.4, -0.2) is 70.1 Å². The minimum atomic E-state index is -1.33. The molecular formula is C38H36N2O8S2. The summed E-state index contributed by atoms with van der Waals surface area (Å²) in [5.41, 5.74) is 8.42. The maximum absolute atomic E-state index is 12.8. The molecule has 12 heteroatoms. The fourth-order valence-electron chi connectivity index (χ4n) is 6.58. The van der Waals surface area contributed by atoms with Crippen LogP contribution in [0.15, 0.2) is 97.1 Å². The van der Waals surface area contributed by atoms with Crippen molar-refractivity contribution in [2.24, 2.45) is 0 Å². The number of rotatable bonds is 13. The van der Waals surface area contributed by atoms with Crippen LogP contribution in [-0.2, 0) is 19.1 Å². The number of amides is 2. The van der Waals surface area contributed by atoms with Gasteiger partial charge in [-0.1, -0.05) is 119 Å². The number of benzene rings is 4. The average Bonchev–Trinajstić information content (AvgIpc) is 3.62. The standard InChI is InChI=1S/C38H36N2O8S2/c1-21(33(35(41)42)39-37(45)47-19-31-27-15-7-3-11-23(27)24-12-4-8-16-28(24)31)49-50-22(2)34(36(43)44)40-38(46)48-20-32-29-17-9-5-13-25(29)26-14-6-10-18-30(26)32/h3-18,21-22,31-34H,19-20H2,1-2H3,(H,39,45)(H,40,46)(H,41,42)(H,43,44)/t21-,22-,33+,34+/m1/s1. The highest BCUT2D eigenvalue weighted by molar-refractivity contribution is 8.77. The molecule has 2 amide bonds. The quantitative estimate of drug-likeness (QED) is 0.105. The number of fused-ring (bicyclic) bond motifs is 6. The van der Waals surface area contributed by atoms with E-state index in [0.717, 1.165) is 66.1 Å². The van der Waals surface area contributed by atoms with Gasteiger partial charge in [-0.25, -0.2) is 19.2 Å². The van der Waals surface area contributed by atoms with Crippen molar-refractivity contribution in [1.82, 2.24) is 10.6 Å². The largest absolute Gasteiger partial charge is 0.480 e. The number of aliphatic carboxylic acids is 2. The van der Waals surface area contributed by atoms with Crippen molar-refractivity contribution >= 4 is 45.7 Å². The molecule has 0 saturated heterocycles. The van der Waals surface area contributed by atoms with Gasteiger partial charge < -0.3 is 30.3 Å². The SMILES string of the molecule is C[C@@H](SS[C@H](C)[C@H](NC(=O)OCC1c2ccccc2-c2ccccc21)C(=O)O)[C@H](NC(=O)OCC1c2ccccc2-c2ccccc21)C(=O)O. The predicted octanol–water partition coefficient (Wildman–Crippen LogP) is 7.13. The molecule has 50 heavy (non-hydrogen) atoms. The Bertz CT molecular complexity index is 1690. The highest BCUT2D eigenvalue weighted by atomic mass is 33.1. The van der Waals surface area contributed by atoms with Gasteiger partial charge in [0, 0.05) is 22.3 Å². The van der Waals surface area contributed by atoms with Gasteiger partial charge in [0.15, 0.2) is 0 Å². The molecule has 0 spiro atoms. The molecule has 0 radical (unpaired) electrons. The van der Waals surface area contributed by atoms with E-state index in [-0.39, 0.29) is 25.0 Å². The third-order valence-corrected chi connectivity index (χ3v) is 12.5. The van der Waals surface area contributed by atoms with Gasteiger partial charge in [-0.3, -0.25) is 0 Å². The molecule has 4 N–H and O–H groups in total. The molecular weight excluding hydrogens is 677 g/mol. The number of carbonyl (C=O) groups excluding carboxylic acids is 2. The Morgan fingerprint density at radius 2 is 0.840 bits per heavy atom. The van der Waals surface area contributed by atoms with E-state index in [1.807, 2.05) is 97.1 Å². The van der Waals surface area contributed by atoms with Crippen LogP contribution in [0, 0.1) is 0 Å². The average molecular weight is 713 g/mol. The number of ether oxygens (including phenoxy) is 2. The van der Waals surface area contributed by atoms with Gasteiger partial charge in [0.1, 0.15) is 25.3 Å². The summed E-state index contributed by atoms with van der Waals surface area (Å²) < 4.78 is 11.1. The zero-order valence-electron chi connectivity index (χ0n) is 27.3. The first-order chi connectivity index (χ1) is 24.1. The first-order valence-electron chi connectivity index (χ1n) is 16.1. The van der Waals surface area contributed by atoms with E-state index in [4.69, 9.17) is 9.47 Å². The molecule has 4 aromatic rings. The fourth-order valence-corrected chi connectivity index (χ4v) is 9.24. The molecule has 0 fully saturated rings. The highest BCUT2D eigenvalue weighted by Crippen LogP contribution is 2.45. The number of carboxylic acids is 2. The van der Waals surface area contributed by atoms with Crippen molar-refractivity contribution in [3.05, 3.63) is 119 Å². The normalized spacial score (nSPS) is 15.3. The summed E-state index contributed by atoms with van der Waals surface area (Å²) in [6, 6.07) is 28.9. The molecule has 6 rings (SSSR count). The van der Waals surface area contributed by atoms with Gasteiger partial charge in [-0.2, -0.15) is 0 Å². The summed E-state index contributed by atoms with van der Waals surface area (Å²) in [5.74, 6) is -2.90. The third-order valence-electron chi connectivity index (χ3n) is 9.06. The Balaban J connectivity index is 1.00. The number of nitrogens with one attached hydrogen (secondary N) is 2. The lowest BCUT2D eigenvalue weighted by atomic mass is 9.98. The monoisotopic (exact) mass is 712 g/mol. The minimum Gasteiger partial charge on any atom is -0.480 e. The van der Waals surface area contributed by atoms with Gasteiger partial charge in [-0.15, -0.1) is 0 Å². The predicted molar refractivity (Wildman–Crippen MR) is 193 cm³/mol. The lowest BCUT2D eigenvalue weighted by Crippen LogP contribution is -2.48. The first-order valence-corrected chi connectivity index (χ1v) is 18.4. The van der Waals surface area contributed by atoms with Crippen LogP contribution in [0.25, 0.3) is 22.3 Å². The lowest BCUT2D eigenvalue weighted by Gasteiger charge is -2.25. The number of hydrogen-bond donors (Lipinski definition) is 4. The molecule has 0 aliphatic heterocycles. The molecule has 258 valence electrons. The second-order valence-corrected chi connectivity index (χ2v) is 15.2. The third kappa shape index (κ3) is 7.31. The molecule has 0 saturated carbocycles. The van der Waals surface area contributed by atoms with Crippen molar-refractivity contribution < 1.29 is 38.9 Å². The van der Waals surface area contributed by atoms with Gasteiger partial charge in [0.2, 0.25) is 0 Å². The van der Waals surface area contributed by atoms with E-state index in [1.54, 1.807) is 13.8 Å². The number of alkyl carbamates (subject to hydrolysis) is 2. The van der Waals surface area contributed by atoms with E-state index < -0.39 is 46.7 Å². The van der Waals surface area contributed by atoms with E-state index in [2.05, 4.69) is 10.6 Å². The Kier molecular flexibility index (Phi) is 10.7.